The van der Waals surface area contributed by atoms with Gasteiger partial charge in [-0.25, -0.2) is 0 Å². The van der Waals surface area contributed by atoms with Gasteiger partial charge in [0.1, 0.15) is 18.5 Å². The largest absolute Gasteiger partial charge is 0.489 e. The number of hydrogen-bond donors (Lipinski definition) is 1. The molecular formula is C15H20Cl2N2O3. The van der Waals surface area contributed by atoms with Crippen molar-refractivity contribution in [2.45, 2.75) is 13.0 Å². The van der Waals surface area contributed by atoms with Crippen LogP contribution in [0.3, 0.4) is 0 Å². The second-order valence-corrected chi connectivity index (χ2v) is 6.19. The van der Waals surface area contributed by atoms with Crippen molar-refractivity contribution in [3.05, 3.63) is 28.2 Å². The number of aliphatic hydroxyl groups is 1. The Morgan fingerprint density at radius 2 is 2.00 bits per heavy atom. The molecule has 0 aliphatic carbocycles. The Bertz CT molecular complexity index is 520. The van der Waals surface area contributed by atoms with E-state index in [4.69, 9.17) is 27.9 Å². The van der Waals surface area contributed by atoms with Crippen LogP contribution in [0.5, 0.6) is 5.75 Å². The molecule has 1 aliphatic rings. The molecule has 0 saturated carbocycles. The minimum Gasteiger partial charge on any atom is -0.489 e. The number of carbonyl (C=O) groups is 1. The summed E-state index contributed by atoms with van der Waals surface area (Å²) in [7, 11) is 0. The number of carbonyl (C=O) groups excluding carboxylic acids is 1. The molecule has 1 N–H and O–H groups in total. The number of amides is 1. The molecule has 1 aromatic rings. The van der Waals surface area contributed by atoms with Gasteiger partial charge in [0.15, 0.2) is 0 Å². The number of β-amino-alcohol motifs (C(OH)–C–C–N with tert-alkyl or cyclic N) is 1. The third-order valence-corrected chi connectivity index (χ3v) is 4.16. The highest BCUT2D eigenvalue weighted by atomic mass is 35.5. The van der Waals surface area contributed by atoms with E-state index in [1.54, 1.807) is 25.1 Å². The van der Waals surface area contributed by atoms with Crippen LogP contribution in [0.4, 0.5) is 0 Å². The SMILES string of the molecule is CC(=O)N1CCN(C[C@@H](O)COc2cc(Cl)ccc2Cl)CC1. The summed E-state index contributed by atoms with van der Waals surface area (Å²) in [5, 5.41) is 11.1. The van der Waals surface area contributed by atoms with Gasteiger partial charge >= 0.3 is 0 Å². The number of rotatable bonds is 5. The van der Waals surface area contributed by atoms with Gasteiger partial charge in [-0.3, -0.25) is 9.69 Å². The van der Waals surface area contributed by atoms with Crippen molar-refractivity contribution in [2.75, 3.05) is 39.3 Å². The maximum Gasteiger partial charge on any atom is 0.219 e. The van der Waals surface area contributed by atoms with E-state index in [0.717, 1.165) is 13.1 Å². The maximum absolute atomic E-state index is 11.3. The molecule has 0 bridgehead atoms. The van der Waals surface area contributed by atoms with E-state index in [1.165, 1.54) is 0 Å². The average molecular weight is 347 g/mol. The Hall–Kier alpha value is -1.01. The first kappa shape index (κ1) is 17.3. The fourth-order valence-electron chi connectivity index (χ4n) is 2.37. The van der Waals surface area contributed by atoms with Crippen LogP contribution < -0.4 is 4.74 Å². The third kappa shape index (κ3) is 5.02. The highest BCUT2D eigenvalue weighted by Crippen LogP contribution is 2.27. The second kappa shape index (κ2) is 8.02. The van der Waals surface area contributed by atoms with Gasteiger partial charge < -0.3 is 14.7 Å². The standard InChI is InChI=1S/C15H20Cl2N2O3/c1-11(20)19-6-4-18(5-7-19)9-13(21)10-22-15-8-12(16)2-3-14(15)17/h2-3,8,13,21H,4-7,9-10H2,1H3/t13-/m1/s1. The van der Waals surface area contributed by atoms with Crippen molar-refractivity contribution < 1.29 is 14.6 Å². The lowest BCUT2D eigenvalue weighted by Gasteiger charge is -2.35. The third-order valence-electron chi connectivity index (χ3n) is 3.61. The number of nitrogens with zero attached hydrogens (tertiary/aromatic N) is 2. The molecule has 0 spiro atoms. The molecule has 1 heterocycles. The molecule has 1 aliphatic heterocycles. The van der Waals surface area contributed by atoms with E-state index < -0.39 is 6.10 Å². The quantitative estimate of drug-likeness (QED) is 0.884. The van der Waals surface area contributed by atoms with Gasteiger partial charge in [-0.1, -0.05) is 23.2 Å². The van der Waals surface area contributed by atoms with Crippen LogP contribution >= 0.6 is 23.2 Å². The average Bonchev–Trinajstić information content (AvgIpc) is 2.49. The Balaban J connectivity index is 1.75. The van der Waals surface area contributed by atoms with Crippen LogP contribution in [0.1, 0.15) is 6.92 Å². The summed E-state index contributed by atoms with van der Waals surface area (Å²) in [6, 6.07) is 4.97. The molecule has 5 nitrogen and oxygen atoms in total. The lowest BCUT2D eigenvalue weighted by molar-refractivity contribution is -0.130. The molecule has 0 aromatic heterocycles. The molecule has 7 heteroatoms. The fraction of sp³-hybridized carbons (Fsp3) is 0.533. The fourth-order valence-corrected chi connectivity index (χ4v) is 2.70. The summed E-state index contributed by atoms with van der Waals surface area (Å²) < 4.78 is 5.52. The van der Waals surface area contributed by atoms with Gasteiger partial charge in [0.2, 0.25) is 5.91 Å². The lowest BCUT2D eigenvalue weighted by Crippen LogP contribution is -2.50. The number of benzene rings is 1. The zero-order valence-corrected chi connectivity index (χ0v) is 14.0. The zero-order valence-electron chi connectivity index (χ0n) is 12.5. The summed E-state index contributed by atoms with van der Waals surface area (Å²) >= 11 is 11.9. The maximum atomic E-state index is 11.3. The minimum atomic E-state index is -0.626. The lowest BCUT2D eigenvalue weighted by atomic mass is 10.2. The van der Waals surface area contributed by atoms with Gasteiger partial charge in [-0.15, -0.1) is 0 Å². The normalized spacial score (nSPS) is 17.4. The molecular weight excluding hydrogens is 327 g/mol. The second-order valence-electron chi connectivity index (χ2n) is 5.35. The number of piperazine rings is 1. The molecule has 1 aromatic carbocycles. The smallest absolute Gasteiger partial charge is 0.219 e. The molecule has 1 amide bonds. The molecule has 122 valence electrons. The van der Waals surface area contributed by atoms with Gasteiger partial charge in [-0.2, -0.15) is 0 Å². The topological polar surface area (TPSA) is 53.0 Å². The first-order valence-electron chi connectivity index (χ1n) is 7.19. The summed E-state index contributed by atoms with van der Waals surface area (Å²) in [6.07, 6.45) is -0.626. The number of halogens is 2. The molecule has 0 radical (unpaired) electrons. The van der Waals surface area contributed by atoms with Crippen molar-refractivity contribution in [2.24, 2.45) is 0 Å². The highest BCUT2D eigenvalue weighted by molar-refractivity contribution is 6.34. The molecule has 1 saturated heterocycles. The van der Waals surface area contributed by atoms with Gasteiger partial charge in [-0.05, 0) is 12.1 Å². The van der Waals surface area contributed by atoms with Crippen LogP contribution in [-0.2, 0) is 4.79 Å². The molecule has 0 unspecified atom stereocenters. The van der Waals surface area contributed by atoms with E-state index >= 15 is 0 Å². The monoisotopic (exact) mass is 346 g/mol. The van der Waals surface area contributed by atoms with E-state index in [9.17, 15) is 9.90 Å². The number of hydrogen-bond acceptors (Lipinski definition) is 4. The predicted octanol–water partition coefficient (Wildman–Crippen LogP) is 1.90. The van der Waals surface area contributed by atoms with Crippen molar-refractivity contribution in [1.29, 1.82) is 0 Å². The van der Waals surface area contributed by atoms with Gasteiger partial charge in [0, 0.05) is 50.7 Å². The van der Waals surface area contributed by atoms with Crippen LogP contribution in [0, 0.1) is 0 Å². The highest BCUT2D eigenvalue weighted by Gasteiger charge is 2.20. The summed E-state index contributed by atoms with van der Waals surface area (Å²) in [6.45, 7) is 5.14. The van der Waals surface area contributed by atoms with Gasteiger partial charge in [0.25, 0.3) is 0 Å². The van der Waals surface area contributed by atoms with E-state index in [-0.39, 0.29) is 12.5 Å². The first-order chi connectivity index (χ1) is 10.5. The van der Waals surface area contributed by atoms with Crippen molar-refractivity contribution >= 4 is 29.1 Å². The van der Waals surface area contributed by atoms with Crippen LogP contribution in [0.25, 0.3) is 0 Å². The summed E-state index contributed by atoms with van der Waals surface area (Å²) in [4.78, 5) is 15.2. The summed E-state index contributed by atoms with van der Waals surface area (Å²) in [5.41, 5.74) is 0. The molecule has 2 rings (SSSR count). The van der Waals surface area contributed by atoms with E-state index in [2.05, 4.69) is 4.90 Å². The molecule has 22 heavy (non-hydrogen) atoms. The molecule has 1 atom stereocenters. The van der Waals surface area contributed by atoms with E-state index in [0.29, 0.717) is 35.4 Å². The Labute approximate surface area is 140 Å². The zero-order chi connectivity index (χ0) is 16.1. The minimum absolute atomic E-state index is 0.0964. The molecule has 1 fully saturated rings. The van der Waals surface area contributed by atoms with E-state index in [1.807, 2.05) is 4.90 Å². The first-order valence-corrected chi connectivity index (χ1v) is 7.95. The van der Waals surface area contributed by atoms with Crippen LogP contribution in [0.15, 0.2) is 18.2 Å². The van der Waals surface area contributed by atoms with Crippen molar-refractivity contribution in [3.8, 4) is 5.75 Å². The Kier molecular flexibility index (Phi) is 6.32. The number of aliphatic hydroxyl groups excluding tert-OH is 1. The summed E-state index contributed by atoms with van der Waals surface area (Å²) in [5.74, 6) is 0.564. The van der Waals surface area contributed by atoms with Crippen LogP contribution in [-0.4, -0.2) is 66.2 Å². The van der Waals surface area contributed by atoms with Gasteiger partial charge in [0.05, 0.1) is 5.02 Å². The number of ether oxygens (including phenoxy) is 1. The van der Waals surface area contributed by atoms with Crippen molar-refractivity contribution in [1.82, 2.24) is 9.80 Å². The van der Waals surface area contributed by atoms with Crippen molar-refractivity contribution in [3.63, 3.8) is 0 Å². The Morgan fingerprint density at radius 1 is 1.32 bits per heavy atom. The van der Waals surface area contributed by atoms with Crippen LogP contribution in [0.2, 0.25) is 10.0 Å². The predicted molar refractivity (Wildman–Crippen MR) is 86.7 cm³/mol. The Morgan fingerprint density at radius 3 is 2.64 bits per heavy atom.